The van der Waals surface area contributed by atoms with E-state index in [1.807, 2.05) is 0 Å². The van der Waals surface area contributed by atoms with Crippen molar-refractivity contribution in [3.05, 3.63) is 12.7 Å². The standard InChI is InChI=1S/C9H17FOP/c1-2-6-12(11)7-4-3-5-9(10)8-12/h2,9,11H,1,3-8H2/q+1. The second kappa shape index (κ2) is 4.34. The summed E-state index contributed by atoms with van der Waals surface area (Å²) in [5.41, 5.74) is 0. The van der Waals surface area contributed by atoms with Gasteiger partial charge in [0.05, 0.1) is 6.16 Å². The van der Waals surface area contributed by atoms with E-state index < -0.39 is 13.7 Å². The highest BCUT2D eigenvalue weighted by atomic mass is 31.2. The average molecular weight is 191 g/mol. The van der Waals surface area contributed by atoms with Gasteiger partial charge in [-0.3, -0.25) is 4.89 Å². The van der Waals surface area contributed by atoms with Crippen molar-refractivity contribution in [1.82, 2.24) is 0 Å². The highest BCUT2D eigenvalue weighted by Gasteiger charge is 2.38. The Kier molecular flexibility index (Phi) is 3.67. The molecule has 0 radical (unpaired) electrons. The van der Waals surface area contributed by atoms with Crippen molar-refractivity contribution >= 4 is 7.49 Å². The minimum Gasteiger partial charge on any atom is -0.251 e. The molecule has 3 heteroatoms. The van der Waals surface area contributed by atoms with Gasteiger partial charge in [0.2, 0.25) is 0 Å². The van der Waals surface area contributed by atoms with Crippen LogP contribution in [-0.4, -0.2) is 29.6 Å². The summed E-state index contributed by atoms with van der Waals surface area (Å²) in [6, 6.07) is 0. The molecule has 70 valence electrons. The highest BCUT2D eigenvalue weighted by molar-refractivity contribution is 7.70. The van der Waals surface area contributed by atoms with E-state index in [-0.39, 0.29) is 0 Å². The van der Waals surface area contributed by atoms with Crippen molar-refractivity contribution in [3.8, 4) is 0 Å². The molecule has 0 aromatic heterocycles. The van der Waals surface area contributed by atoms with Crippen molar-refractivity contribution in [2.75, 3.05) is 18.5 Å². The van der Waals surface area contributed by atoms with Crippen LogP contribution < -0.4 is 0 Å². The topological polar surface area (TPSA) is 20.2 Å². The smallest absolute Gasteiger partial charge is 0.148 e. The van der Waals surface area contributed by atoms with Crippen LogP contribution in [0.3, 0.4) is 0 Å². The molecule has 0 saturated carbocycles. The maximum absolute atomic E-state index is 13.1. The average Bonchev–Trinajstić information content (AvgIpc) is 2.12. The minimum atomic E-state index is -1.96. The first-order valence-corrected chi connectivity index (χ1v) is 6.80. The second-order valence-corrected chi connectivity index (χ2v) is 6.93. The Labute approximate surface area is 74.1 Å². The molecule has 0 spiro atoms. The van der Waals surface area contributed by atoms with Crippen molar-refractivity contribution in [2.45, 2.75) is 25.4 Å². The molecule has 0 aromatic rings. The Morgan fingerprint density at radius 3 is 3.00 bits per heavy atom. The van der Waals surface area contributed by atoms with Gasteiger partial charge in [-0.05, 0) is 19.3 Å². The normalized spacial score (nSPS) is 37.3. The number of hydrogen-bond donors (Lipinski definition) is 1. The lowest BCUT2D eigenvalue weighted by molar-refractivity contribution is 0.338. The molecule has 0 aromatic carbocycles. The van der Waals surface area contributed by atoms with Crippen molar-refractivity contribution in [2.24, 2.45) is 0 Å². The lowest BCUT2D eigenvalue weighted by atomic mass is 10.2. The highest BCUT2D eigenvalue weighted by Crippen LogP contribution is 2.57. The lowest BCUT2D eigenvalue weighted by Crippen LogP contribution is -2.11. The maximum Gasteiger partial charge on any atom is 0.148 e. The zero-order chi connectivity index (χ0) is 9.03. The zero-order valence-corrected chi connectivity index (χ0v) is 8.27. The number of alkyl halides is 1. The lowest BCUT2D eigenvalue weighted by Gasteiger charge is -2.16. The summed E-state index contributed by atoms with van der Waals surface area (Å²) in [7, 11) is -1.96. The third kappa shape index (κ3) is 2.84. The minimum absolute atomic E-state index is 0.402. The number of hydrogen-bond acceptors (Lipinski definition) is 1. The van der Waals surface area contributed by atoms with Crippen molar-refractivity contribution in [1.29, 1.82) is 0 Å². The Hall–Kier alpha value is 0.0600. The molecule has 1 aliphatic rings. The molecule has 0 bridgehead atoms. The molecule has 1 saturated heterocycles. The first kappa shape index (κ1) is 10.1. The second-order valence-electron chi connectivity index (χ2n) is 3.57. The molecular formula is C9H17FOP+. The van der Waals surface area contributed by atoms with Gasteiger partial charge >= 0.3 is 0 Å². The van der Waals surface area contributed by atoms with Gasteiger partial charge in [0, 0.05) is 0 Å². The van der Waals surface area contributed by atoms with Gasteiger partial charge in [-0.1, -0.05) is 12.7 Å². The van der Waals surface area contributed by atoms with E-state index in [9.17, 15) is 9.28 Å². The van der Waals surface area contributed by atoms with Gasteiger partial charge in [0.25, 0.3) is 0 Å². The molecule has 12 heavy (non-hydrogen) atoms. The fourth-order valence-electron chi connectivity index (χ4n) is 1.73. The van der Waals surface area contributed by atoms with Crippen LogP contribution >= 0.6 is 7.49 Å². The van der Waals surface area contributed by atoms with Crippen LogP contribution in [0.4, 0.5) is 4.39 Å². The SMILES string of the molecule is C=CC[P+]1(O)CCCCC(F)C1. The summed E-state index contributed by atoms with van der Waals surface area (Å²) in [6.07, 6.45) is 5.38. The third-order valence-electron chi connectivity index (χ3n) is 2.35. The summed E-state index contributed by atoms with van der Waals surface area (Å²) in [6.45, 7) is 3.60. The summed E-state index contributed by atoms with van der Waals surface area (Å²) in [5, 5.41) is 0. The Morgan fingerprint density at radius 2 is 2.33 bits per heavy atom. The molecule has 2 atom stereocenters. The Morgan fingerprint density at radius 1 is 1.58 bits per heavy atom. The number of allylic oxidation sites excluding steroid dienone is 1. The molecule has 1 rings (SSSR count). The monoisotopic (exact) mass is 191 g/mol. The number of halogens is 1. The van der Waals surface area contributed by atoms with Gasteiger partial charge < -0.3 is 0 Å². The summed E-state index contributed by atoms with van der Waals surface area (Å²) < 4.78 is 13.1. The summed E-state index contributed by atoms with van der Waals surface area (Å²) in [5.74, 6) is 0. The van der Waals surface area contributed by atoms with Crippen LogP contribution in [0, 0.1) is 0 Å². The zero-order valence-electron chi connectivity index (χ0n) is 7.38. The summed E-state index contributed by atoms with van der Waals surface area (Å²) in [4.78, 5) is 10.0. The molecular weight excluding hydrogens is 174 g/mol. The van der Waals surface area contributed by atoms with Gasteiger partial charge in [-0.25, -0.2) is 4.39 Å². The van der Waals surface area contributed by atoms with E-state index in [0.717, 1.165) is 19.0 Å². The molecule has 1 nitrogen and oxygen atoms in total. The van der Waals surface area contributed by atoms with Crippen LogP contribution in [0.2, 0.25) is 0 Å². The quantitative estimate of drug-likeness (QED) is 0.525. The Balaban J connectivity index is 2.54. The maximum atomic E-state index is 13.1. The van der Waals surface area contributed by atoms with E-state index >= 15 is 0 Å². The molecule has 1 aliphatic heterocycles. The number of rotatable bonds is 2. The molecule has 1 N–H and O–H groups in total. The van der Waals surface area contributed by atoms with Crippen molar-refractivity contribution < 1.29 is 9.28 Å². The van der Waals surface area contributed by atoms with Gasteiger partial charge in [-0.15, -0.1) is 0 Å². The van der Waals surface area contributed by atoms with E-state index in [0.29, 0.717) is 18.7 Å². The van der Waals surface area contributed by atoms with E-state index in [4.69, 9.17) is 0 Å². The predicted octanol–water partition coefficient (Wildman–Crippen LogP) is 2.62. The molecule has 1 heterocycles. The van der Waals surface area contributed by atoms with Gasteiger partial charge in [-0.2, -0.15) is 0 Å². The largest absolute Gasteiger partial charge is 0.251 e. The van der Waals surface area contributed by atoms with Crippen LogP contribution in [0.1, 0.15) is 19.3 Å². The van der Waals surface area contributed by atoms with Gasteiger partial charge in [0.1, 0.15) is 26.0 Å². The van der Waals surface area contributed by atoms with E-state index in [2.05, 4.69) is 6.58 Å². The fourth-order valence-corrected chi connectivity index (χ4v) is 4.46. The molecule has 0 aliphatic carbocycles. The first-order chi connectivity index (χ1) is 5.66. The van der Waals surface area contributed by atoms with E-state index in [1.54, 1.807) is 6.08 Å². The van der Waals surface area contributed by atoms with Crippen LogP contribution in [-0.2, 0) is 0 Å². The third-order valence-corrected chi connectivity index (χ3v) is 5.51. The predicted molar refractivity (Wildman–Crippen MR) is 52.7 cm³/mol. The first-order valence-electron chi connectivity index (χ1n) is 4.50. The fraction of sp³-hybridized carbons (Fsp3) is 0.778. The van der Waals surface area contributed by atoms with Crippen LogP contribution in [0.5, 0.6) is 0 Å². The molecule has 0 amide bonds. The van der Waals surface area contributed by atoms with Crippen LogP contribution in [0.25, 0.3) is 0 Å². The molecule has 1 fully saturated rings. The van der Waals surface area contributed by atoms with Crippen LogP contribution in [0.15, 0.2) is 12.7 Å². The summed E-state index contributed by atoms with van der Waals surface area (Å²) >= 11 is 0. The van der Waals surface area contributed by atoms with Crippen molar-refractivity contribution in [3.63, 3.8) is 0 Å². The van der Waals surface area contributed by atoms with Gasteiger partial charge in [0.15, 0.2) is 0 Å². The van der Waals surface area contributed by atoms with E-state index in [1.165, 1.54) is 0 Å². The molecule has 2 unspecified atom stereocenters. The Bertz CT molecular complexity index is 163.